The number of nitrogens with zero attached hydrogens (tertiary/aromatic N) is 6. The number of hydrogen-bond donors (Lipinski definition) is 0. The van der Waals surface area contributed by atoms with Crippen molar-refractivity contribution in [2.24, 2.45) is 7.05 Å². The molecule has 0 bridgehead atoms. The van der Waals surface area contributed by atoms with E-state index in [0.717, 1.165) is 40.3 Å². The molecule has 4 rings (SSSR count). The largest absolute Gasteiger partial charge is 0.462 e. The Kier molecular flexibility index (Phi) is 9.01. The number of halogens is 3. The summed E-state index contributed by atoms with van der Waals surface area (Å²) in [6.45, 7) is 9.54. The van der Waals surface area contributed by atoms with E-state index in [-0.39, 0.29) is 34.8 Å². The van der Waals surface area contributed by atoms with Gasteiger partial charge < -0.3 is 9.64 Å². The Labute approximate surface area is 245 Å². The fourth-order valence-corrected chi connectivity index (χ4v) is 4.59. The second-order valence-corrected chi connectivity index (χ2v) is 10.1. The molecule has 0 aliphatic carbocycles. The van der Waals surface area contributed by atoms with Crippen molar-refractivity contribution in [1.29, 1.82) is 0 Å². The lowest BCUT2D eigenvalue weighted by Gasteiger charge is -2.18. The lowest BCUT2D eigenvalue weighted by molar-refractivity contribution is -0.137. The summed E-state index contributed by atoms with van der Waals surface area (Å²) in [6.07, 6.45) is -2.07. The first-order valence-corrected chi connectivity index (χ1v) is 13.2. The number of unbranched alkanes of at least 4 members (excludes halogenated alkanes) is 1. The second-order valence-electron chi connectivity index (χ2n) is 10.1. The molecule has 43 heavy (non-hydrogen) atoms. The smallest absolute Gasteiger partial charge is 0.416 e. The summed E-state index contributed by atoms with van der Waals surface area (Å²) in [7, 11) is 5.06. The van der Waals surface area contributed by atoms with Crippen LogP contribution >= 0.6 is 0 Å². The van der Waals surface area contributed by atoms with Gasteiger partial charge in [0, 0.05) is 12.7 Å². The average molecular weight is 595 g/mol. The summed E-state index contributed by atoms with van der Waals surface area (Å²) >= 11 is 0. The van der Waals surface area contributed by atoms with Gasteiger partial charge in [-0.1, -0.05) is 18.2 Å². The van der Waals surface area contributed by atoms with E-state index in [1.165, 1.54) is 43.0 Å². The molecule has 0 unspecified atom stereocenters. The molecule has 0 aliphatic heterocycles. The quantitative estimate of drug-likeness (QED) is 0.158. The molecule has 0 aliphatic rings. The van der Waals surface area contributed by atoms with E-state index in [0.29, 0.717) is 17.8 Å². The lowest BCUT2D eigenvalue weighted by atomic mass is 10.1. The van der Waals surface area contributed by atoms with Crippen molar-refractivity contribution in [3.8, 4) is 22.6 Å². The maximum Gasteiger partial charge on any atom is 0.416 e. The van der Waals surface area contributed by atoms with Crippen LogP contribution in [0, 0.1) is 13.5 Å². The minimum absolute atomic E-state index is 0.00678. The predicted octanol–water partition coefficient (Wildman–Crippen LogP) is 4.77. The molecule has 0 saturated heterocycles. The molecule has 4 aromatic rings. The van der Waals surface area contributed by atoms with Crippen LogP contribution in [0.3, 0.4) is 0 Å². The van der Waals surface area contributed by atoms with E-state index >= 15 is 0 Å². The molecule has 10 nitrogen and oxygen atoms in total. The van der Waals surface area contributed by atoms with E-state index in [9.17, 15) is 27.6 Å². The normalized spacial score (nSPS) is 11.5. The van der Waals surface area contributed by atoms with Crippen molar-refractivity contribution in [2.45, 2.75) is 25.9 Å². The van der Waals surface area contributed by atoms with Gasteiger partial charge in [0.2, 0.25) is 0 Å². The van der Waals surface area contributed by atoms with E-state index in [2.05, 4.69) is 9.94 Å². The zero-order chi connectivity index (χ0) is 31.5. The molecule has 13 heteroatoms. The Morgan fingerprint density at radius 3 is 2.40 bits per heavy atom. The zero-order valence-corrected chi connectivity index (χ0v) is 24.0. The number of carbonyl (C=O) groups excluding carboxylic acids is 1. The minimum atomic E-state index is -4.67. The SMILES string of the molecule is [C-]#[N+]c1ccc(-n2ncc(C(=O)OCCCCN(C)C)c2-c2c(C)n(-c3cccc(C(F)(F)F)c3)c(=O)n(C)c2=O)cc1. The highest BCUT2D eigenvalue weighted by atomic mass is 19.4. The van der Waals surface area contributed by atoms with Crippen molar-refractivity contribution >= 4 is 11.7 Å². The first kappa shape index (κ1) is 31.0. The van der Waals surface area contributed by atoms with E-state index < -0.39 is 29.0 Å². The molecule has 2 heterocycles. The molecule has 224 valence electrons. The van der Waals surface area contributed by atoms with Crippen LogP contribution in [0.15, 0.2) is 64.3 Å². The van der Waals surface area contributed by atoms with Crippen LogP contribution in [0.2, 0.25) is 0 Å². The number of hydrogen-bond acceptors (Lipinski definition) is 6. The zero-order valence-electron chi connectivity index (χ0n) is 24.0. The fourth-order valence-electron chi connectivity index (χ4n) is 4.59. The van der Waals surface area contributed by atoms with Crippen LogP contribution in [0.1, 0.15) is 34.5 Å². The first-order valence-electron chi connectivity index (χ1n) is 13.2. The number of esters is 1. The third-order valence-electron chi connectivity index (χ3n) is 6.81. The van der Waals surface area contributed by atoms with Crippen molar-refractivity contribution in [2.75, 3.05) is 27.2 Å². The Morgan fingerprint density at radius 2 is 1.77 bits per heavy atom. The summed E-state index contributed by atoms with van der Waals surface area (Å²) < 4.78 is 49.2. The monoisotopic (exact) mass is 594 g/mol. The van der Waals surface area contributed by atoms with Crippen LogP contribution < -0.4 is 11.2 Å². The number of ether oxygens (including phenoxy) is 1. The standard InChI is InChI=1S/C30H29F3N6O4/c1-19-25(27(40)37(5)29(42)38(19)23-10-8-9-20(17-23)30(31,32)33)26-24(28(41)43-16-7-6-15-36(3)4)18-35-39(26)22-13-11-21(34-2)12-14-22/h8-14,17-18H,6-7,15-16H2,1,3-5H3. The summed E-state index contributed by atoms with van der Waals surface area (Å²) in [5.74, 6) is -0.762. The molecular formula is C30H29F3N6O4. The van der Waals surface area contributed by atoms with Crippen molar-refractivity contribution in [3.05, 3.63) is 104 Å². The van der Waals surface area contributed by atoms with Crippen molar-refractivity contribution in [1.82, 2.24) is 23.8 Å². The Morgan fingerprint density at radius 1 is 1.07 bits per heavy atom. The van der Waals surface area contributed by atoms with Crippen molar-refractivity contribution in [3.63, 3.8) is 0 Å². The van der Waals surface area contributed by atoms with Gasteiger partial charge in [-0.05, 0) is 70.7 Å². The third-order valence-corrected chi connectivity index (χ3v) is 6.81. The number of rotatable bonds is 9. The molecule has 0 amide bonds. The number of benzene rings is 2. The number of alkyl halides is 3. The van der Waals surface area contributed by atoms with Gasteiger partial charge in [-0.2, -0.15) is 18.3 Å². The molecule has 0 fully saturated rings. The molecular weight excluding hydrogens is 565 g/mol. The van der Waals surface area contributed by atoms with Crippen molar-refractivity contribution < 1.29 is 22.7 Å². The average Bonchev–Trinajstić information content (AvgIpc) is 3.40. The lowest BCUT2D eigenvalue weighted by Crippen LogP contribution is -2.40. The minimum Gasteiger partial charge on any atom is -0.462 e. The first-order chi connectivity index (χ1) is 20.3. The highest BCUT2D eigenvalue weighted by Crippen LogP contribution is 2.32. The van der Waals surface area contributed by atoms with Gasteiger partial charge in [0.1, 0.15) is 5.56 Å². The molecule has 0 radical (unpaired) electrons. The van der Waals surface area contributed by atoms with Gasteiger partial charge in [-0.3, -0.25) is 13.9 Å². The van der Waals surface area contributed by atoms with Gasteiger partial charge in [0.25, 0.3) is 5.56 Å². The van der Waals surface area contributed by atoms with E-state index in [1.54, 1.807) is 12.1 Å². The third kappa shape index (κ3) is 6.44. The van der Waals surface area contributed by atoms with Gasteiger partial charge in [0.15, 0.2) is 5.69 Å². The Bertz CT molecular complexity index is 1810. The summed E-state index contributed by atoms with van der Waals surface area (Å²) in [5.41, 5.74) is -2.23. The predicted molar refractivity (Wildman–Crippen MR) is 154 cm³/mol. The van der Waals surface area contributed by atoms with Gasteiger partial charge in [-0.15, -0.1) is 0 Å². The topological polar surface area (TPSA) is 95.7 Å². The van der Waals surface area contributed by atoms with Gasteiger partial charge in [-0.25, -0.2) is 19.1 Å². The van der Waals surface area contributed by atoms with E-state index in [1.807, 2.05) is 19.0 Å². The molecule has 2 aromatic carbocycles. The summed E-state index contributed by atoms with van der Waals surface area (Å²) in [5, 5.41) is 4.34. The van der Waals surface area contributed by atoms with Crippen LogP contribution in [0.4, 0.5) is 18.9 Å². The Hall–Kier alpha value is -4.96. The summed E-state index contributed by atoms with van der Waals surface area (Å²) in [6, 6.07) is 10.4. The molecule has 0 N–H and O–H groups in total. The molecule has 0 saturated carbocycles. The maximum absolute atomic E-state index is 13.7. The number of carbonyl (C=O) groups is 1. The van der Waals surface area contributed by atoms with Crippen LogP contribution in [0.25, 0.3) is 27.5 Å². The number of aromatic nitrogens is 4. The van der Waals surface area contributed by atoms with Crippen LogP contribution in [-0.4, -0.2) is 57.0 Å². The van der Waals surface area contributed by atoms with Gasteiger partial charge >= 0.3 is 17.8 Å². The molecule has 0 atom stereocenters. The maximum atomic E-state index is 13.7. The van der Waals surface area contributed by atoms with Crippen LogP contribution in [0.5, 0.6) is 0 Å². The van der Waals surface area contributed by atoms with E-state index in [4.69, 9.17) is 11.3 Å². The molecule has 0 spiro atoms. The fraction of sp³-hybridized carbons (Fsp3) is 0.300. The highest BCUT2D eigenvalue weighted by molar-refractivity contribution is 5.96. The Balaban J connectivity index is 1.93. The highest BCUT2D eigenvalue weighted by Gasteiger charge is 2.32. The van der Waals surface area contributed by atoms with Crippen LogP contribution in [-0.2, 0) is 18.0 Å². The summed E-state index contributed by atoms with van der Waals surface area (Å²) in [4.78, 5) is 45.7. The second kappa shape index (κ2) is 12.5. The van der Waals surface area contributed by atoms with Gasteiger partial charge in [0.05, 0.1) is 47.6 Å². The molecule has 2 aromatic heterocycles.